The molecule has 0 saturated carbocycles. The molecule has 1 aliphatic rings. The number of hydrogen-bond acceptors (Lipinski definition) is 10. The van der Waals surface area contributed by atoms with E-state index in [9.17, 15) is 19.2 Å². The highest BCUT2D eigenvalue weighted by Gasteiger charge is 2.35. The summed E-state index contributed by atoms with van der Waals surface area (Å²) in [5, 5.41) is 0. The molecule has 0 amide bonds. The molecule has 0 fully saturated rings. The summed E-state index contributed by atoms with van der Waals surface area (Å²) < 4.78 is 32.4. The van der Waals surface area contributed by atoms with Crippen molar-refractivity contribution < 1.29 is 47.6 Å². The number of allylic oxidation sites excluding steroid dienone is 1. The topological polar surface area (TPSA) is 124 Å². The van der Waals surface area contributed by atoms with Gasteiger partial charge in [0, 0.05) is 30.9 Å². The average molecular weight is 605 g/mol. The zero-order valence-electron chi connectivity index (χ0n) is 24.8. The van der Waals surface area contributed by atoms with Gasteiger partial charge in [0.1, 0.15) is 22.9 Å². The van der Waals surface area contributed by atoms with E-state index in [1.807, 2.05) is 6.92 Å². The van der Waals surface area contributed by atoms with Crippen molar-refractivity contribution in [3.63, 3.8) is 0 Å². The Labute approximate surface area is 256 Å². The van der Waals surface area contributed by atoms with E-state index in [4.69, 9.17) is 28.4 Å². The van der Waals surface area contributed by atoms with Gasteiger partial charge in [0.2, 0.25) is 0 Å². The maximum absolute atomic E-state index is 12.9. The van der Waals surface area contributed by atoms with Gasteiger partial charge in [0.25, 0.3) is 0 Å². The molecule has 2 aromatic carbocycles. The lowest BCUT2D eigenvalue weighted by Crippen LogP contribution is -2.37. The van der Waals surface area contributed by atoms with Crippen LogP contribution in [0.5, 0.6) is 11.5 Å². The van der Waals surface area contributed by atoms with Gasteiger partial charge in [-0.25, -0.2) is 19.2 Å². The van der Waals surface area contributed by atoms with Crippen molar-refractivity contribution in [2.24, 2.45) is 5.92 Å². The predicted octanol–water partition coefficient (Wildman–Crippen LogP) is 5.55. The smallest absolute Gasteiger partial charge is 0.343 e. The quantitative estimate of drug-likeness (QED) is 0.104. The first-order chi connectivity index (χ1) is 21.1. The molecule has 0 N–H and O–H groups in total. The monoisotopic (exact) mass is 604 g/mol. The molecule has 10 heteroatoms. The first-order valence-electron chi connectivity index (χ1n) is 14.0. The molecule has 0 saturated heterocycles. The maximum atomic E-state index is 12.9. The minimum absolute atomic E-state index is 0.220. The third-order valence-electron chi connectivity index (χ3n) is 6.54. The summed E-state index contributed by atoms with van der Waals surface area (Å²) in [4.78, 5) is 47.7. The lowest BCUT2D eigenvalue weighted by molar-refractivity contribution is -0.138. The second-order valence-corrected chi connectivity index (χ2v) is 9.85. The molecule has 3 rings (SSSR count). The summed E-state index contributed by atoms with van der Waals surface area (Å²) in [6.07, 6.45) is 8.25. The summed E-state index contributed by atoms with van der Waals surface area (Å²) >= 11 is 0. The number of hydrogen-bond donors (Lipinski definition) is 0. The first-order valence-corrected chi connectivity index (χ1v) is 14.0. The van der Waals surface area contributed by atoms with Crippen LogP contribution in [-0.4, -0.2) is 55.9 Å². The van der Waals surface area contributed by atoms with Crippen molar-refractivity contribution in [2.45, 2.75) is 32.3 Å². The number of ether oxygens (including phenoxy) is 6. The van der Waals surface area contributed by atoms with E-state index in [0.717, 1.165) is 12.2 Å². The van der Waals surface area contributed by atoms with Crippen LogP contribution in [0.2, 0.25) is 0 Å². The highest BCUT2D eigenvalue weighted by Crippen LogP contribution is 2.32. The van der Waals surface area contributed by atoms with Crippen molar-refractivity contribution in [1.29, 1.82) is 0 Å². The Bertz CT molecular complexity index is 1390. The van der Waals surface area contributed by atoms with Gasteiger partial charge in [0.05, 0.1) is 37.6 Å². The minimum atomic E-state index is -0.964. The summed E-state index contributed by atoms with van der Waals surface area (Å²) in [6, 6.07) is 13.0. The van der Waals surface area contributed by atoms with Crippen LogP contribution in [0.3, 0.4) is 0 Å². The van der Waals surface area contributed by atoms with E-state index in [1.54, 1.807) is 73.7 Å². The molecule has 1 aliphatic carbocycles. The Morgan fingerprint density at radius 3 is 1.68 bits per heavy atom. The highest BCUT2D eigenvalue weighted by atomic mass is 16.6. The molecule has 10 nitrogen and oxygen atoms in total. The lowest BCUT2D eigenvalue weighted by Gasteiger charge is -2.33. The number of carbonyl (C=O) groups is 4. The number of carbonyl (C=O) groups excluding carboxylic acids is 4. The van der Waals surface area contributed by atoms with Crippen LogP contribution in [0.15, 0.2) is 97.8 Å². The third kappa shape index (κ3) is 10.3. The SMILES string of the molecule is C=CC(=O)OCCCOc1ccc(C(=O)OC2=CC(C)C(C)(OC(=O)c3ccc(OCCCOC(=O)C=C)cc3)C=C2)cc1. The van der Waals surface area contributed by atoms with Gasteiger partial charge in [-0.2, -0.15) is 0 Å². The molecule has 232 valence electrons. The maximum Gasteiger partial charge on any atom is 0.343 e. The number of rotatable bonds is 16. The Morgan fingerprint density at radius 2 is 1.23 bits per heavy atom. The molecule has 0 spiro atoms. The highest BCUT2D eigenvalue weighted by molar-refractivity contribution is 5.91. The van der Waals surface area contributed by atoms with E-state index in [-0.39, 0.29) is 19.1 Å². The van der Waals surface area contributed by atoms with E-state index >= 15 is 0 Å². The Morgan fingerprint density at radius 1 is 0.750 bits per heavy atom. The Kier molecular flexibility index (Phi) is 12.5. The molecular weight excluding hydrogens is 568 g/mol. The van der Waals surface area contributed by atoms with Gasteiger partial charge in [-0.1, -0.05) is 20.1 Å². The predicted molar refractivity (Wildman–Crippen MR) is 161 cm³/mol. The molecule has 0 aromatic heterocycles. The fourth-order valence-corrected chi connectivity index (χ4v) is 3.82. The van der Waals surface area contributed by atoms with E-state index in [2.05, 4.69) is 13.2 Å². The molecule has 2 aromatic rings. The van der Waals surface area contributed by atoms with Crippen molar-refractivity contribution in [1.82, 2.24) is 0 Å². The average Bonchev–Trinajstić information content (AvgIpc) is 3.02. The van der Waals surface area contributed by atoms with E-state index < -0.39 is 29.5 Å². The summed E-state index contributed by atoms with van der Waals surface area (Å²) in [6.45, 7) is 11.4. The van der Waals surface area contributed by atoms with Crippen molar-refractivity contribution in [3.05, 3.63) is 109 Å². The summed E-state index contributed by atoms with van der Waals surface area (Å²) in [5.41, 5.74) is -0.278. The van der Waals surface area contributed by atoms with Gasteiger partial charge in [-0.05, 0) is 73.7 Å². The Balaban J connectivity index is 1.45. The molecule has 0 radical (unpaired) electrons. The van der Waals surface area contributed by atoms with Gasteiger partial charge >= 0.3 is 23.9 Å². The zero-order valence-corrected chi connectivity index (χ0v) is 24.8. The third-order valence-corrected chi connectivity index (χ3v) is 6.54. The molecule has 0 aliphatic heterocycles. The van der Waals surface area contributed by atoms with Crippen molar-refractivity contribution in [3.8, 4) is 11.5 Å². The fourth-order valence-electron chi connectivity index (χ4n) is 3.82. The fraction of sp³-hybridized carbons (Fsp3) is 0.294. The first kappa shape index (κ1) is 33.4. The summed E-state index contributed by atoms with van der Waals surface area (Å²) in [5.74, 6) is -0.851. The van der Waals surface area contributed by atoms with Gasteiger partial charge in [0.15, 0.2) is 0 Å². The standard InChI is InChI=1S/C34H36O10/c1-5-30(35)41-21-7-19-39-27-13-9-25(10-14-27)32(37)43-29-17-18-34(4,24(3)23-29)44-33(38)26-11-15-28(16-12-26)40-20-8-22-42-31(36)6-2/h5-6,9-18,23-24H,1-2,7-8,19-22H2,3-4H3. The molecule has 0 bridgehead atoms. The second-order valence-electron chi connectivity index (χ2n) is 9.85. The molecule has 0 heterocycles. The van der Waals surface area contributed by atoms with Crippen LogP contribution in [0.4, 0.5) is 0 Å². The van der Waals surface area contributed by atoms with Gasteiger partial charge < -0.3 is 28.4 Å². The number of benzene rings is 2. The van der Waals surface area contributed by atoms with E-state index in [0.29, 0.717) is 54.4 Å². The van der Waals surface area contributed by atoms with Crippen molar-refractivity contribution in [2.75, 3.05) is 26.4 Å². The lowest BCUT2D eigenvalue weighted by atomic mass is 9.86. The van der Waals surface area contributed by atoms with Crippen LogP contribution >= 0.6 is 0 Å². The normalized spacial score (nSPS) is 17.0. The molecule has 44 heavy (non-hydrogen) atoms. The van der Waals surface area contributed by atoms with Crippen LogP contribution < -0.4 is 9.47 Å². The van der Waals surface area contributed by atoms with Crippen LogP contribution in [0.1, 0.15) is 47.4 Å². The molecule has 2 atom stereocenters. The second kappa shape index (κ2) is 16.5. The summed E-state index contributed by atoms with van der Waals surface area (Å²) in [7, 11) is 0. The van der Waals surface area contributed by atoms with Gasteiger partial charge in [-0.15, -0.1) is 0 Å². The van der Waals surface area contributed by atoms with Crippen LogP contribution in [-0.2, 0) is 28.5 Å². The van der Waals surface area contributed by atoms with Gasteiger partial charge in [-0.3, -0.25) is 0 Å². The Hall–Kier alpha value is -5.12. The van der Waals surface area contributed by atoms with E-state index in [1.165, 1.54) is 0 Å². The number of esters is 4. The zero-order chi connectivity index (χ0) is 32.0. The molecular formula is C34H36O10. The minimum Gasteiger partial charge on any atom is -0.493 e. The molecule has 2 unspecified atom stereocenters. The van der Waals surface area contributed by atoms with Crippen LogP contribution in [0, 0.1) is 5.92 Å². The largest absolute Gasteiger partial charge is 0.493 e. The van der Waals surface area contributed by atoms with Crippen molar-refractivity contribution >= 4 is 23.9 Å². The van der Waals surface area contributed by atoms with Crippen LogP contribution in [0.25, 0.3) is 0 Å².